The fourth-order valence-electron chi connectivity index (χ4n) is 2.48. The van der Waals surface area contributed by atoms with E-state index in [-0.39, 0.29) is 6.03 Å². The average Bonchev–Trinajstić information content (AvgIpc) is 2.97. The van der Waals surface area contributed by atoms with E-state index in [0.29, 0.717) is 11.4 Å². The van der Waals surface area contributed by atoms with Crippen molar-refractivity contribution in [2.45, 2.75) is 6.42 Å². The number of fused-ring (bicyclic) bond motifs is 1. The average molecular weight is 283 g/mol. The van der Waals surface area contributed by atoms with Crippen LogP contribution >= 0.6 is 0 Å². The van der Waals surface area contributed by atoms with Gasteiger partial charge in [-0.25, -0.2) is 4.79 Å². The molecule has 0 saturated carbocycles. The van der Waals surface area contributed by atoms with Crippen molar-refractivity contribution in [3.8, 4) is 5.75 Å². The van der Waals surface area contributed by atoms with Gasteiger partial charge in [-0.05, 0) is 30.7 Å². The topological polar surface area (TPSA) is 62.4 Å². The molecule has 0 saturated heterocycles. The number of carbonyl (C=O) groups is 1. The van der Waals surface area contributed by atoms with Gasteiger partial charge in [-0.3, -0.25) is 0 Å². The number of hydrogen-bond acceptors (Lipinski definition) is 3. The van der Waals surface area contributed by atoms with Crippen molar-refractivity contribution in [2.75, 3.05) is 29.6 Å². The molecule has 0 bridgehead atoms. The molecule has 0 spiro atoms. The number of nitrogens with one attached hydrogen (secondary N) is 3. The van der Waals surface area contributed by atoms with Gasteiger partial charge in [0.05, 0.1) is 12.8 Å². The molecule has 108 valence electrons. The Balaban J connectivity index is 1.74. The van der Waals surface area contributed by atoms with Crippen LogP contribution in [0.3, 0.4) is 0 Å². The van der Waals surface area contributed by atoms with Crippen LogP contribution in [0.1, 0.15) is 5.56 Å². The van der Waals surface area contributed by atoms with Gasteiger partial charge in [0.2, 0.25) is 0 Å². The van der Waals surface area contributed by atoms with Gasteiger partial charge >= 0.3 is 6.03 Å². The molecule has 3 rings (SSSR count). The van der Waals surface area contributed by atoms with Crippen LogP contribution in [0.5, 0.6) is 5.75 Å². The molecule has 2 amide bonds. The van der Waals surface area contributed by atoms with Gasteiger partial charge in [0.1, 0.15) is 5.75 Å². The zero-order valence-corrected chi connectivity index (χ0v) is 11.8. The summed E-state index contributed by atoms with van der Waals surface area (Å²) < 4.78 is 5.22. The zero-order chi connectivity index (χ0) is 14.7. The van der Waals surface area contributed by atoms with E-state index in [9.17, 15) is 4.79 Å². The third-order valence-corrected chi connectivity index (χ3v) is 3.47. The van der Waals surface area contributed by atoms with E-state index in [2.05, 4.69) is 16.0 Å². The number of urea groups is 1. The Hall–Kier alpha value is -2.69. The van der Waals surface area contributed by atoms with Crippen LogP contribution in [0.15, 0.2) is 42.5 Å². The molecule has 5 heteroatoms. The Morgan fingerprint density at radius 1 is 1.10 bits per heavy atom. The maximum absolute atomic E-state index is 12.2. The second kappa shape index (κ2) is 5.75. The summed E-state index contributed by atoms with van der Waals surface area (Å²) in [5.41, 5.74) is 3.71. The van der Waals surface area contributed by atoms with E-state index in [1.807, 2.05) is 30.3 Å². The molecule has 3 N–H and O–H groups in total. The number of benzene rings is 2. The lowest BCUT2D eigenvalue weighted by atomic mass is 10.1. The van der Waals surface area contributed by atoms with Gasteiger partial charge in [0, 0.05) is 23.5 Å². The summed E-state index contributed by atoms with van der Waals surface area (Å²) in [5.74, 6) is 0.632. The number of amides is 2. The van der Waals surface area contributed by atoms with Crippen molar-refractivity contribution < 1.29 is 9.53 Å². The number of carbonyl (C=O) groups excluding carboxylic acids is 1. The standard InChI is InChI=1S/C16H17N3O2/c1-21-15-8-3-2-5-14(15)19-16(20)18-13-7-4-6-12-11(13)9-10-17-12/h2-8,17H,9-10H2,1H3,(H2,18,19,20). The second-order valence-electron chi connectivity index (χ2n) is 4.79. The third kappa shape index (κ3) is 2.76. The Kier molecular flexibility index (Phi) is 3.64. The molecule has 0 unspecified atom stereocenters. The van der Waals surface area contributed by atoms with Crippen LogP contribution in [0.2, 0.25) is 0 Å². The van der Waals surface area contributed by atoms with Gasteiger partial charge < -0.3 is 20.7 Å². The highest BCUT2D eigenvalue weighted by Gasteiger charge is 2.15. The molecule has 21 heavy (non-hydrogen) atoms. The minimum atomic E-state index is -0.278. The highest BCUT2D eigenvalue weighted by molar-refractivity contribution is 6.01. The van der Waals surface area contributed by atoms with Gasteiger partial charge in [0.15, 0.2) is 0 Å². The predicted molar refractivity (Wildman–Crippen MR) is 84.3 cm³/mol. The van der Waals surface area contributed by atoms with E-state index in [1.54, 1.807) is 19.2 Å². The van der Waals surface area contributed by atoms with Crippen LogP contribution < -0.4 is 20.7 Å². The van der Waals surface area contributed by atoms with E-state index in [1.165, 1.54) is 0 Å². The Labute approximate surface area is 123 Å². The first-order chi connectivity index (χ1) is 10.3. The number of para-hydroxylation sites is 2. The second-order valence-corrected chi connectivity index (χ2v) is 4.79. The molecular formula is C16H17N3O2. The summed E-state index contributed by atoms with van der Waals surface area (Å²) in [6.07, 6.45) is 0.917. The van der Waals surface area contributed by atoms with Crippen molar-refractivity contribution in [2.24, 2.45) is 0 Å². The van der Waals surface area contributed by atoms with Crippen LogP contribution in [0, 0.1) is 0 Å². The number of hydrogen-bond donors (Lipinski definition) is 3. The van der Waals surface area contributed by atoms with Crippen LogP contribution in [-0.2, 0) is 6.42 Å². The summed E-state index contributed by atoms with van der Waals surface area (Å²) in [6, 6.07) is 12.9. The molecule has 1 aliphatic heterocycles. The summed E-state index contributed by atoms with van der Waals surface area (Å²) in [5, 5.41) is 8.99. The van der Waals surface area contributed by atoms with Crippen molar-refractivity contribution in [3.63, 3.8) is 0 Å². The first-order valence-corrected chi connectivity index (χ1v) is 6.84. The Bertz CT molecular complexity index is 670. The first-order valence-electron chi connectivity index (χ1n) is 6.84. The summed E-state index contributed by atoms with van der Waals surface area (Å²) in [7, 11) is 1.58. The van der Waals surface area contributed by atoms with Crippen LogP contribution in [0.25, 0.3) is 0 Å². The molecule has 0 radical (unpaired) electrons. The summed E-state index contributed by atoms with van der Waals surface area (Å²) in [6.45, 7) is 0.905. The number of anilines is 3. The molecule has 0 atom stereocenters. The van der Waals surface area contributed by atoms with Crippen molar-refractivity contribution in [1.82, 2.24) is 0 Å². The SMILES string of the molecule is COc1ccccc1NC(=O)Nc1cccc2c1CCN2. The van der Waals surface area contributed by atoms with Crippen LogP contribution in [0.4, 0.5) is 21.9 Å². The fourth-order valence-corrected chi connectivity index (χ4v) is 2.48. The van der Waals surface area contributed by atoms with E-state index in [0.717, 1.165) is 29.9 Å². The van der Waals surface area contributed by atoms with Gasteiger partial charge in [-0.15, -0.1) is 0 Å². The Morgan fingerprint density at radius 2 is 1.86 bits per heavy atom. The van der Waals surface area contributed by atoms with Crippen molar-refractivity contribution in [1.29, 1.82) is 0 Å². The fraction of sp³-hybridized carbons (Fsp3) is 0.188. The molecule has 0 aromatic heterocycles. The number of ether oxygens (including phenoxy) is 1. The Morgan fingerprint density at radius 3 is 2.71 bits per heavy atom. The normalized spacial score (nSPS) is 12.2. The summed E-state index contributed by atoms with van der Waals surface area (Å²) in [4.78, 5) is 12.2. The lowest BCUT2D eigenvalue weighted by molar-refractivity contribution is 0.262. The first kappa shape index (κ1) is 13.3. The molecule has 2 aromatic carbocycles. The highest BCUT2D eigenvalue weighted by Crippen LogP contribution is 2.29. The zero-order valence-electron chi connectivity index (χ0n) is 11.8. The van der Waals surface area contributed by atoms with E-state index >= 15 is 0 Å². The van der Waals surface area contributed by atoms with Crippen LogP contribution in [-0.4, -0.2) is 19.7 Å². The lowest BCUT2D eigenvalue weighted by Crippen LogP contribution is -2.20. The van der Waals surface area contributed by atoms with Crippen molar-refractivity contribution >= 4 is 23.1 Å². The largest absolute Gasteiger partial charge is 0.495 e. The molecule has 2 aromatic rings. The maximum Gasteiger partial charge on any atom is 0.323 e. The minimum Gasteiger partial charge on any atom is -0.495 e. The third-order valence-electron chi connectivity index (χ3n) is 3.47. The molecule has 0 fully saturated rings. The molecule has 1 aliphatic rings. The van der Waals surface area contributed by atoms with Gasteiger partial charge in [-0.1, -0.05) is 18.2 Å². The smallest absolute Gasteiger partial charge is 0.323 e. The minimum absolute atomic E-state index is 0.278. The maximum atomic E-state index is 12.2. The van der Waals surface area contributed by atoms with Gasteiger partial charge in [-0.2, -0.15) is 0 Å². The van der Waals surface area contributed by atoms with E-state index < -0.39 is 0 Å². The number of methoxy groups -OCH3 is 1. The monoisotopic (exact) mass is 283 g/mol. The molecule has 1 heterocycles. The van der Waals surface area contributed by atoms with Crippen molar-refractivity contribution in [3.05, 3.63) is 48.0 Å². The highest BCUT2D eigenvalue weighted by atomic mass is 16.5. The van der Waals surface area contributed by atoms with E-state index in [4.69, 9.17) is 4.74 Å². The summed E-state index contributed by atoms with van der Waals surface area (Å²) >= 11 is 0. The molecule has 0 aliphatic carbocycles. The lowest BCUT2D eigenvalue weighted by Gasteiger charge is -2.12. The molecule has 5 nitrogen and oxygen atoms in total. The number of rotatable bonds is 3. The van der Waals surface area contributed by atoms with Gasteiger partial charge in [0.25, 0.3) is 0 Å². The predicted octanol–water partition coefficient (Wildman–Crippen LogP) is 3.31. The molecular weight excluding hydrogens is 266 g/mol. The quantitative estimate of drug-likeness (QED) is 0.810.